The average Bonchev–Trinajstić information content (AvgIpc) is 3.01. The van der Waals surface area contributed by atoms with Crippen molar-refractivity contribution in [3.05, 3.63) is 23.9 Å². The summed E-state index contributed by atoms with van der Waals surface area (Å²) in [7, 11) is 1.87. The number of fused-ring (bicyclic) bond motifs is 1. The van der Waals surface area contributed by atoms with E-state index in [4.69, 9.17) is 4.74 Å². The highest BCUT2D eigenvalue weighted by Crippen LogP contribution is 2.35. The number of likely N-dealkylation sites (tertiary alicyclic amines) is 1. The van der Waals surface area contributed by atoms with E-state index in [1.807, 2.05) is 20.0 Å². The standard InChI is InChI=1S/C18H28N4O.HI/c1-3-23-17-14(9-6-10-20-17)11-21-18(19-2)22-12-15-7-4-5-8-16(15)13-22;/h6,9-10,15-16H,3-5,7-8,11-13H2,1-2H3,(H,19,21);1H. The Kier molecular flexibility index (Phi) is 7.58. The lowest BCUT2D eigenvalue weighted by Crippen LogP contribution is -2.40. The van der Waals surface area contributed by atoms with Crippen LogP contribution in [0, 0.1) is 11.8 Å². The Morgan fingerprint density at radius 3 is 2.67 bits per heavy atom. The lowest BCUT2D eigenvalue weighted by Gasteiger charge is -2.22. The first kappa shape index (κ1) is 19.3. The van der Waals surface area contributed by atoms with E-state index in [0.717, 1.165) is 36.4 Å². The summed E-state index contributed by atoms with van der Waals surface area (Å²) in [6.45, 7) is 5.61. The van der Waals surface area contributed by atoms with Crippen LogP contribution < -0.4 is 10.1 Å². The minimum atomic E-state index is 0. The van der Waals surface area contributed by atoms with Gasteiger partial charge in [0.15, 0.2) is 5.96 Å². The van der Waals surface area contributed by atoms with Gasteiger partial charge in [0.1, 0.15) is 0 Å². The Balaban J connectivity index is 0.00000208. The molecule has 0 bridgehead atoms. The molecule has 6 heteroatoms. The molecule has 0 aromatic carbocycles. The molecule has 2 fully saturated rings. The number of hydrogen-bond donors (Lipinski definition) is 1. The number of aliphatic imine (C=N–C) groups is 1. The largest absolute Gasteiger partial charge is 0.478 e. The van der Waals surface area contributed by atoms with Gasteiger partial charge in [-0.15, -0.1) is 24.0 Å². The van der Waals surface area contributed by atoms with Gasteiger partial charge in [-0.05, 0) is 37.7 Å². The van der Waals surface area contributed by atoms with Crippen molar-refractivity contribution >= 4 is 29.9 Å². The Morgan fingerprint density at radius 1 is 1.33 bits per heavy atom. The van der Waals surface area contributed by atoms with Gasteiger partial charge in [0.25, 0.3) is 0 Å². The van der Waals surface area contributed by atoms with E-state index in [0.29, 0.717) is 19.0 Å². The van der Waals surface area contributed by atoms with Crippen LogP contribution in [-0.4, -0.2) is 42.6 Å². The minimum absolute atomic E-state index is 0. The molecule has 3 rings (SSSR count). The SMILES string of the molecule is CCOc1ncccc1CNC(=NC)N1CC2CCCCC2C1.I. The van der Waals surface area contributed by atoms with Crippen molar-refractivity contribution in [3.8, 4) is 5.88 Å². The van der Waals surface area contributed by atoms with Gasteiger partial charge in [-0.3, -0.25) is 4.99 Å². The zero-order chi connectivity index (χ0) is 16.1. The Labute approximate surface area is 162 Å². The Bertz CT molecular complexity index is 538. The second-order valence-electron chi connectivity index (χ2n) is 6.51. The summed E-state index contributed by atoms with van der Waals surface area (Å²) in [5, 5.41) is 3.49. The first-order valence-electron chi connectivity index (χ1n) is 8.84. The molecule has 24 heavy (non-hydrogen) atoms. The highest BCUT2D eigenvalue weighted by atomic mass is 127. The Morgan fingerprint density at radius 2 is 2.04 bits per heavy atom. The predicted octanol–water partition coefficient (Wildman–Crippen LogP) is 3.30. The summed E-state index contributed by atoms with van der Waals surface area (Å²) in [5.41, 5.74) is 1.08. The van der Waals surface area contributed by atoms with Crippen molar-refractivity contribution in [1.82, 2.24) is 15.2 Å². The predicted molar refractivity (Wildman–Crippen MR) is 108 cm³/mol. The number of guanidine groups is 1. The smallest absolute Gasteiger partial charge is 0.218 e. The van der Waals surface area contributed by atoms with Crippen LogP contribution in [0.3, 0.4) is 0 Å². The van der Waals surface area contributed by atoms with Crippen molar-refractivity contribution in [2.45, 2.75) is 39.2 Å². The lowest BCUT2D eigenvalue weighted by molar-refractivity contribution is 0.299. The van der Waals surface area contributed by atoms with Crippen LogP contribution in [0.4, 0.5) is 0 Å². The van der Waals surface area contributed by atoms with Crippen molar-refractivity contribution in [1.29, 1.82) is 0 Å². The fourth-order valence-electron chi connectivity index (χ4n) is 3.91. The number of aromatic nitrogens is 1. The molecule has 1 N–H and O–H groups in total. The molecule has 2 atom stereocenters. The highest BCUT2D eigenvalue weighted by molar-refractivity contribution is 14.0. The third-order valence-electron chi connectivity index (χ3n) is 5.06. The lowest BCUT2D eigenvalue weighted by atomic mass is 9.82. The van der Waals surface area contributed by atoms with E-state index < -0.39 is 0 Å². The van der Waals surface area contributed by atoms with Gasteiger partial charge in [0.05, 0.1) is 6.61 Å². The van der Waals surface area contributed by atoms with Crippen molar-refractivity contribution < 1.29 is 4.74 Å². The van der Waals surface area contributed by atoms with Crippen LogP contribution in [0.25, 0.3) is 0 Å². The topological polar surface area (TPSA) is 49.8 Å². The first-order valence-corrected chi connectivity index (χ1v) is 8.84. The molecule has 0 spiro atoms. The maximum absolute atomic E-state index is 5.60. The molecular formula is C18H29IN4O. The molecule has 0 amide bonds. The second-order valence-corrected chi connectivity index (χ2v) is 6.51. The molecular weight excluding hydrogens is 415 g/mol. The number of ether oxygens (including phenoxy) is 1. The molecule has 1 aliphatic heterocycles. The van der Waals surface area contributed by atoms with Gasteiger partial charge in [-0.1, -0.05) is 18.9 Å². The summed E-state index contributed by atoms with van der Waals surface area (Å²) >= 11 is 0. The number of rotatable bonds is 4. The summed E-state index contributed by atoms with van der Waals surface area (Å²) in [4.78, 5) is 11.2. The van der Waals surface area contributed by atoms with E-state index >= 15 is 0 Å². The van der Waals surface area contributed by atoms with Crippen LogP contribution in [0.2, 0.25) is 0 Å². The summed E-state index contributed by atoms with van der Waals surface area (Å²) in [6.07, 6.45) is 7.34. The molecule has 134 valence electrons. The van der Waals surface area contributed by atoms with Gasteiger partial charge in [-0.25, -0.2) is 4.98 Å². The maximum atomic E-state index is 5.60. The molecule has 2 aliphatic rings. The number of nitrogens with one attached hydrogen (secondary N) is 1. The first-order chi connectivity index (χ1) is 11.3. The molecule has 1 aromatic heterocycles. The summed E-state index contributed by atoms with van der Waals surface area (Å²) in [5.74, 6) is 3.44. The van der Waals surface area contributed by atoms with Crippen LogP contribution in [-0.2, 0) is 6.54 Å². The third-order valence-corrected chi connectivity index (χ3v) is 5.06. The molecule has 1 saturated carbocycles. The number of halogens is 1. The van der Waals surface area contributed by atoms with Crippen molar-refractivity contribution in [2.24, 2.45) is 16.8 Å². The minimum Gasteiger partial charge on any atom is -0.478 e. The maximum Gasteiger partial charge on any atom is 0.218 e. The number of hydrogen-bond acceptors (Lipinski definition) is 3. The van der Waals surface area contributed by atoms with Crippen LogP contribution in [0.1, 0.15) is 38.2 Å². The molecule has 1 saturated heterocycles. The van der Waals surface area contributed by atoms with E-state index in [2.05, 4.69) is 26.3 Å². The number of nitrogens with zero attached hydrogens (tertiary/aromatic N) is 3. The fraction of sp³-hybridized carbons (Fsp3) is 0.667. The third kappa shape index (κ3) is 4.52. The van der Waals surface area contributed by atoms with Crippen LogP contribution in [0.15, 0.2) is 23.3 Å². The van der Waals surface area contributed by atoms with Gasteiger partial charge < -0.3 is 15.0 Å². The average molecular weight is 444 g/mol. The van der Waals surface area contributed by atoms with E-state index in [1.54, 1.807) is 6.20 Å². The molecule has 1 aliphatic carbocycles. The van der Waals surface area contributed by atoms with Gasteiger partial charge >= 0.3 is 0 Å². The molecule has 2 heterocycles. The molecule has 5 nitrogen and oxygen atoms in total. The van der Waals surface area contributed by atoms with Crippen molar-refractivity contribution in [2.75, 3.05) is 26.7 Å². The zero-order valence-corrected chi connectivity index (χ0v) is 17.0. The fourth-order valence-corrected chi connectivity index (χ4v) is 3.91. The van der Waals surface area contributed by atoms with Crippen molar-refractivity contribution in [3.63, 3.8) is 0 Å². The molecule has 0 radical (unpaired) electrons. The molecule has 2 unspecified atom stereocenters. The summed E-state index contributed by atoms with van der Waals surface area (Å²) < 4.78 is 5.60. The molecule has 1 aromatic rings. The number of pyridine rings is 1. The second kappa shape index (κ2) is 9.44. The van der Waals surface area contributed by atoms with Crippen LogP contribution >= 0.6 is 24.0 Å². The van der Waals surface area contributed by atoms with Crippen LogP contribution in [0.5, 0.6) is 5.88 Å². The highest BCUT2D eigenvalue weighted by Gasteiger charge is 2.35. The quantitative estimate of drug-likeness (QED) is 0.440. The van der Waals surface area contributed by atoms with E-state index in [-0.39, 0.29) is 24.0 Å². The van der Waals surface area contributed by atoms with E-state index in [1.165, 1.54) is 25.7 Å². The zero-order valence-electron chi connectivity index (χ0n) is 14.7. The normalized spacial score (nSPS) is 23.4. The monoisotopic (exact) mass is 444 g/mol. The Hall–Kier alpha value is -1.05. The van der Waals surface area contributed by atoms with Gasteiger partial charge in [0, 0.05) is 38.4 Å². The van der Waals surface area contributed by atoms with E-state index in [9.17, 15) is 0 Å². The summed E-state index contributed by atoms with van der Waals surface area (Å²) in [6, 6.07) is 4.01. The van der Waals surface area contributed by atoms with Gasteiger partial charge in [-0.2, -0.15) is 0 Å². The van der Waals surface area contributed by atoms with Gasteiger partial charge in [0.2, 0.25) is 5.88 Å².